The standard InChI is InChI=1S/C28H28N2O4/c1-4-17-29(21-13-9-7-10-14-21)25-19-23(27(31)32)24(28(33)34-6-3)20-26(25)30(18-5-2)22-15-11-8-12-16-22/h4-5,7-16,19-20H,1-2,6,17-18H2,3H3,(H,31,32). The first-order valence-corrected chi connectivity index (χ1v) is 11.0. The van der Waals surface area contributed by atoms with Gasteiger partial charge in [-0.3, -0.25) is 0 Å². The van der Waals surface area contributed by atoms with Gasteiger partial charge in [0.1, 0.15) is 0 Å². The third kappa shape index (κ3) is 5.35. The summed E-state index contributed by atoms with van der Waals surface area (Å²) in [4.78, 5) is 28.9. The maximum Gasteiger partial charge on any atom is 0.339 e. The maximum absolute atomic E-state index is 12.8. The number of nitrogens with zero attached hydrogens (tertiary/aromatic N) is 2. The van der Waals surface area contributed by atoms with Gasteiger partial charge in [0.25, 0.3) is 0 Å². The first-order valence-electron chi connectivity index (χ1n) is 11.0. The molecule has 0 aliphatic carbocycles. The topological polar surface area (TPSA) is 70.1 Å². The summed E-state index contributed by atoms with van der Waals surface area (Å²) in [6.07, 6.45) is 3.50. The molecule has 0 bridgehead atoms. The Morgan fingerprint density at radius 2 is 1.26 bits per heavy atom. The Morgan fingerprint density at radius 3 is 1.65 bits per heavy atom. The van der Waals surface area contributed by atoms with Crippen LogP contribution in [0.5, 0.6) is 0 Å². The average molecular weight is 457 g/mol. The smallest absolute Gasteiger partial charge is 0.339 e. The van der Waals surface area contributed by atoms with Gasteiger partial charge in [0.15, 0.2) is 0 Å². The van der Waals surface area contributed by atoms with Gasteiger partial charge in [0.05, 0.1) is 29.1 Å². The lowest BCUT2D eigenvalue weighted by atomic mass is 10.0. The molecule has 0 aromatic heterocycles. The monoisotopic (exact) mass is 456 g/mol. The van der Waals surface area contributed by atoms with E-state index in [-0.39, 0.29) is 17.7 Å². The lowest BCUT2D eigenvalue weighted by Crippen LogP contribution is -2.25. The summed E-state index contributed by atoms with van der Waals surface area (Å²) < 4.78 is 5.18. The number of carbonyl (C=O) groups excluding carboxylic acids is 1. The number of hydrogen-bond acceptors (Lipinski definition) is 5. The molecule has 0 aliphatic heterocycles. The molecule has 0 saturated carbocycles. The van der Waals surface area contributed by atoms with Crippen molar-refractivity contribution in [1.82, 2.24) is 0 Å². The number of carboxylic acid groups (broad SMARTS) is 1. The second-order valence-electron chi connectivity index (χ2n) is 7.38. The minimum absolute atomic E-state index is 0.00953. The minimum atomic E-state index is -1.21. The normalized spacial score (nSPS) is 10.3. The number of carboxylic acids is 1. The van der Waals surface area contributed by atoms with Crippen LogP contribution in [0.15, 0.2) is 98.1 Å². The molecule has 0 radical (unpaired) electrons. The molecule has 34 heavy (non-hydrogen) atoms. The molecule has 6 heteroatoms. The first-order chi connectivity index (χ1) is 16.5. The zero-order chi connectivity index (χ0) is 24.5. The van der Waals surface area contributed by atoms with Crippen molar-refractivity contribution in [3.8, 4) is 0 Å². The van der Waals surface area contributed by atoms with Crippen LogP contribution in [-0.2, 0) is 4.74 Å². The molecular weight excluding hydrogens is 428 g/mol. The summed E-state index contributed by atoms with van der Waals surface area (Å²) in [5.74, 6) is -1.90. The van der Waals surface area contributed by atoms with Crippen LogP contribution < -0.4 is 9.80 Å². The highest BCUT2D eigenvalue weighted by atomic mass is 16.5. The number of hydrogen-bond donors (Lipinski definition) is 1. The summed E-state index contributed by atoms with van der Waals surface area (Å²) >= 11 is 0. The molecule has 1 N–H and O–H groups in total. The Morgan fingerprint density at radius 1 is 0.824 bits per heavy atom. The molecule has 174 valence electrons. The van der Waals surface area contributed by atoms with Crippen LogP contribution in [0.25, 0.3) is 0 Å². The molecule has 0 heterocycles. The second-order valence-corrected chi connectivity index (χ2v) is 7.38. The van der Waals surface area contributed by atoms with Crippen LogP contribution in [0.1, 0.15) is 27.6 Å². The molecule has 0 fully saturated rings. The Labute approximate surface area is 200 Å². The van der Waals surface area contributed by atoms with Crippen molar-refractivity contribution in [2.24, 2.45) is 0 Å². The van der Waals surface area contributed by atoms with E-state index in [0.717, 1.165) is 11.4 Å². The van der Waals surface area contributed by atoms with Crippen LogP contribution in [0.3, 0.4) is 0 Å². The van der Waals surface area contributed by atoms with E-state index >= 15 is 0 Å². The molecule has 0 atom stereocenters. The molecule has 6 nitrogen and oxygen atoms in total. The van der Waals surface area contributed by atoms with Crippen LogP contribution in [0.2, 0.25) is 0 Å². The van der Waals surface area contributed by atoms with Crippen molar-refractivity contribution in [2.75, 3.05) is 29.5 Å². The van der Waals surface area contributed by atoms with E-state index in [1.54, 1.807) is 25.1 Å². The quantitative estimate of drug-likeness (QED) is 0.273. The maximum atomic E-state index is 12.8. The highest BCUT2D eigenvalue weighted by Crippen LogP contribution is 2.40. The summed E-state index contributed by atoms with van der Waals surface area (Å²) in [6, 6.07) is 22.4. The summed E-state index contributed by atoms with van der Waals surface area (Å²) in [5.41, 5.74) is 2.84. The highest BCUT2D eigenvalue weighted by molar-refractivity contribution is 6.05. The largest absolute Gasteiger partial charge is 0.478 e. The lowest BCUT2D eigenvalue weighted by molar-refractivity contribution is 0.0514. The van der Waals surface area contributed by atoms with Crippen molar-refractivity contribution >= 4 is 34.7 Å². The summed E-state index contributed by atoms with van der Waals surface area (Å²) in [6.45, 7) is 10.5. The molecule has 3 aromatic carbocycles. The zero-order valence-electron chi connectivity index (χ0n) is 19.2. The van der Waals surface area contributed by atoms with E-state index in [1.165, 1.54) is 6.07 Å². The number of carbonyl (C=O) groups is 2. The molecular formula is C28H28N2O4. The average Bonchev–Trinajstić information content (AvgIpc) is 2.86. The van der Waals surface area contributed by atoms with Crippen LogP contribution in [-0.4, -0.2) is 36.7 Å². The van der Waals surface area contributed by atoms with E-state index in [0.29, 0.717) is 24.5 Å². The van der Waals surface area contributed by atoms with Gasteiger partial charge in [-0.2, -0.15) is 0 Å². The van der Waals surface area contributed by atoms with Crippen molar-refractivity contribution < 1.29 is 19.4 Å². The number of aromatic carboxylic acids is 1. The van der Waals surface area contributed by atoms with Gasteiger partial charge < -0.3 is 19.6 Å². The van der Waals surface area contributed by atoms with E-state index in [2.05, 4.69) is 13.2 Å². The Hall–Kier alpha value is -4.32. The van der Waals surface area contributed by atoms with Crippen molar-refractivity contribution in [3.63, 3.8) is 0 Å². The van der Waals surface area contributed by atoms with Gasteiger partial charge in [-0.25, -0.2) is 9.59 Å². The highest BCUT2D eigenvalue weighted by Gasteiger charge is 2.26. The van der Waals surface area contributed by atoms with E-state index in [4.69, 9.17) is 4.74 Å². The third-order valence-corrected chi connectivity index (χ3v) is 5.18. The predicted molar refractivity (Wildman–Crippen MR) is 137 cm³/mol. The fourth-order valence-electron chi connectivity index (χ4n) is 3.72. The van der Waals surface area contributed by atoms with Crippen molar-refractivity contribution in [3.05, 3.63) is 109 Å². The summed E-state index contributed by atoms with van der Waals surface area (Å²) in [7, 11) is 0. The Balaban J connectivity index is 2.36. The SMILES string of the molecule is C=CCN(c1ccccc1)c1cc(C(=O)O)c(C(=O)OCC)cc1N(CC=C)c1ccccc1. The predicted octanol–water partition coefficient (Wildman–Crippen LogP) is 6.21. The first kappa shape index (κ1) is 24.3. The molecule has 3 aromatic rings. The number of rotatable bonds is 11. The summed E-state index contributed by atoms with van der Waals surface area (Å²) in [5, 5.41) is 9.96. The van der Waals surface area contributed by atoms with Crippen LogP contribution in [0.4, 0.5) is 22.7 Å². The number of para-hydroxylation sites is 2. The molecule has 0 spiro atoms. The molecule has 0 amide bonds. The molecule has 0 saturated heterocycles. The molecule has 3 rings (SSSR count). The van der Waals surface area contributed by atoms with E-state index < -0.39 is 11.9 Å². The van der Waals surface area contributed by atoms with Crippen molar-refractivity contribution in [1.29, 1.82) is 0 Å². The second kappa shape index (κ2) is 11.5. The molecule has 0 aliphatic rings. The number of esters is 1. The Kier molecular flexibility index (Phi) is 8.24. The fourth-order valence-corrected chi connectivity index (χ4v) is 3.72. The van der Waals surface area contributed by atoms with E-state index in [1.807, 2.05) is 70.5 Å². The number of ether oxygens (including phenoxy) is 1. The Bertz CT molecular complexity index is 1160. The van der Waals surface area contributed by atoms with Gasteiger partial charge in [-0.15, -0.1) is 13.2 Å². The third-order valence-electron chi connectivity index (χ3n) is 5.18. The number of anilines is 4. The number of benzene rings is 3. The van der Waals surface area contributed by atoms with Gasteiger partial charge >= 0.3 is 11.9 Å². The van der Waals surface area contributed by atoms with Crippen LogP contribution >= 0.6 is 0 Å². The minimum Gasteiger partial charge on any atom is -0.478 e. The fraction of sp³-hybridized carbons (Fsp3) is 0.143. The van der Waals surface area contributed by atoms with Gasteiger partial charge in [-0.1, -0.05) is 48.6 Å². The van der Waals surface area contributed by atoms with Gasteiger partial charge in [0.2, 0.25) is 0 Å². The van der Waals surface area contributed by atoms with E-state index in [9.17, 15) is 14.7 Å². The zero-order valence-corrected chi connectivity index (χ0v) is 19.2. The van der Waals surface area contributed by atoms with Crippen molar-refractivity contribution in [2.45, 2.75) is 6.92 Å². The van der Waals surface area contributed by atoms with Gasteiger partial charge in [-0.05, 0) is 43.3 Å². The molecule has 0 unspecified atom stereocenters. The lowest BCUT2D eigenvalue weighted by Gasteiger charge is -2.32. The van der Waals surface area contributed by atoms with Crippen LogP contribution in [0, 0.1) is 0 Å². The van der Waals surface area contributed by atoms with Gasteiger partial charge in [0, 0.05) is 24.5 Å².